The van der Waals surface area contributed by atoms with E-state index < -0.39 is 15.8 Å². The zero-order valence-corrected chi connectivity index (χ0v) is 12.9. The van der Waals surface area contributed by atoms with Crippen molar-refractivity contribution in [2.24, 2.45) is 0 Å². The van der Waals surface area contributed by atoms with Crippen molar-refractivity contribution in [3.8, 4) is 0 Å². The second-order valence-electron chi connectivity index (χ2n) is 4.25. The molecule has 0 amide bonds. The van der Waals surface area contributed by atoms with E-state index in [-0.39, 0.29) is 10.6 Å². The Hall–Kier alpha value is -1.60. The lowest BCUT2D eigenvalue weighted by Crippen LogP contribution is -2.13. The second-order valence-corrected chi connectivity index (χ2v) is 6.78. The van der Waals surface area contributed by atoms with Crippen LogP contribution in [-0.2, 0) is 10.0 Å². The molecule has 0 saturated heterocycles. The third-order valence-corrected chi connectivity index (χ3v) is 4.75. The second kappa shape index (κ2) is 5.41. The van der Waals surface area contributed by atoms with Crippen molar-refractivity contribution < 1.29 is 12.8 Å². The molecule has 2 rings (SSSR count). The Kier molecular flexibility index (Phi) is 4.01. The van der Waals surface area contributed by atoms with Crippen LogP contribution in [0.1, 0.15) is 5.56 Å². The Labute approximate surface area is 125 Å². The van der Waals surface area contributed by atoms with Crippen molar-refractivity contribution in [3.05, 3.63) is 52.3 Å². The van der Waals surface area contributed by atoms with E-state index in [4.69, 9.17) is 5.73 Å². The van der Waals surface area contributed by atoms with Gasteiger partial charge in [-0.05, 0) is 64.8 Å². The van der Waals surface area contributed by atoms with E-state index in [1.165, 1.54) is 36.4 Å². The highest BCUT2D eigenvalue weighted by Crippen LogP contribution is 2.26. The van der Waals surface area contributed by atoms with Crippen LogP contribution >= 0.6 is 15.9 Å². The summed E-state index contributed by atoms with van der Waals surface area (Å²) in [5.74, 6) is -0.455. The first-order chi connectivity index (χ1) is 9.29. The summed E-state index contributed by atoms with van der Waals surface area (Å²) in [5.41, 5.74) is 7.12. The summed E-state index contributed by atoms with van der Waals surface area (Å²) in [6.45, 7) is 1.72. The van der Waals surface area contributed by atoms with Crippen molar-refractivity contribution in [1.82, 2.24) is 0 Å². The molecule has 2 aromatic rings. The molecule has 0 saturated carbocycles. The SMILES string of the molecule is Cc1cc(S(=O)(=O)Nc2ccc(F)cc2Br)ccc1N. The lowest BCUT2D eigenvalue weighted by atomic mass is 10.2. The van der Waals surface area contributed by atoms with E-state index >= 15 is 0 Å². The Bertz CT molecular complexity index is 763. The number of sulfonamides is 1. The maximum Gasteiger partial charge on any atom is 0.261 e. The summed E-state index contributed by atoms with van der Waals surface area (Å²) in [6, 6.07) is 8.14. The van der Waals surface area contributed by atoms with Crippen molar-refractivity contribution in [2.75, 3.05) is 10.5 Å². The third kappa shape index (κ3) is 3.10. The highest BCUT2D eigenvalue weighted by molar-refractivity contribution is 9.10. The van der Waals surface area contributed by atoms with E-state index in [9.17, 15) is 12.8 Å². The van der Waals surface area contributed by atoms with E-state index in [1.807, 2.05) is 0 Å². The van der Waals surface area contributed by atoms with Gasteiger partial charge in [0.05, 0.1) is 10.6 Å². The molecule has 0 heterocycles. The average Bonchev–Trinajstić information content (AvgIpc) is 2.36. The number of benzene rings is 2. The third-order valence-electron chi connectivity index (χ3n) is 2.73. The predicted molar refractivity (Wildman–Crippen MR) is 80.5 cm³/mol. The van der Waals surface area contributed by atoms with Gasteiger partial charge in [0.15, 0.2) is 0 Å². The Balaban J connectivity index is 2.38. The molecule has 0 atom stereocenters. The number of hydrogen-bond acceptors (Lipinski definition) is 3. The van der Waals surface area contributed by atoms with Crippen molar-refractivity contribution in [1.29, 1.82) is 0 Å². The van der Waals surface area contributed by atoms with Gasteiger partial charge in [-0.2, -0.15) is 0 Å². The van der Waals surface area contributed by atoms with Gasteiger partial charge in [0.25, 0.3) is 10.0 Å². The molecule has 20 heavy (non-hydrogen) atoms. The fourth-order valence-electron chi connectivity index (χ4n) is 1.59. The summed E-state index contributed by atoms with van der Waals surface area (Å²) in [4.78, 5) is 0.0976. The number of hydrogen-bond donors (Lipinski definition) is 2. The average molecular weight is 359 g/mol. The van der Waals surface area contributed by atoms with Gasteiger partial charge in [-0.15, -0.1) is 0 Å². The lowest BCUT2D eigenvalue weighted by molar-refractivity contribution is 0.601. The minimum Gasteiger partial charge on any atom is -0.399 e. The summed E-state index contributed by atoms with van der Waals surface area (Å²) in [5, 5.41) is 0. The Morgan fingerprint density at radius 3 is 2.50 bits per heavy atom. The van der Waals surface area contributed by atoms with Crippen molar-refractivity contribution in [2.45, 2.75) is 11.8 Å². The monoisotopic (exact) mass is 358 g/mol. The fourth-order valence-corrected chi connectivity index (χ4v) is 3.34. The first-order valence-corrected chi connectivity index (χ1v) is 7.91. The summed E-state index contributed by atoms with van der Waals surface area (Å²) >= 11 is 3.11. The standard InChI is InChI=1S/C13H12BrFN2O2S/c1-8-6-10(3-4-12(8)16)20(18,19)17-13-5-2-9(15)7-11(13)14/h2-7,17H,16H2,1H3. The molecule has 7 heteroatoms. The van der Waals surface area contributed by atoms with Crippen LogP contribution in [0, 0.1) is 12.7 Å². The lowest BCUT2D eigenvalue weighted by Gasteiger charge is -2.11. The molecule has 0 spiro atoms. The smallest absolute Gasteiger partial charge is 0.261 e. The number of nitrogen functional groups attached to an aromatic ring is 1. The van der Waals surface area contributed by atoms with Gasteiger partial charge in [0.1, 0.15) is 5.82 Å². The highest BCUT2D eigenvalue weighted by Gasteiger charge is 2.16. The van der Waals surface area contributed by atoms with E-state index in [0.717, 1.165) is 0 Å². The van der Waals surface area contributed by atoms with Crippen LogP contribution in [0.4, 0.5) is 15.8 Å². The molecule has 0 fully saturated rings. The molecule has 0 aliphatic rings. The molecule has 0 aliphatic carbocycles. The number of halogens is 2. The minimum atomic E-state index is -3.75. The normalized spacial score (nSPS) is 11.3. The predicted octanol–water partition coefficient (Wildman–Crippen LogP) is 3.28. The first kappa shape index (κ1) is 14.8. The summed E-state index contributed by atoms with van der Waals surface area (Å²) in [7, 11) is -3.75. The molecular weight excluding hydrogens is 347 g/mol. The minimum absolute atomic E-state index is 0.0976. The molecule has 0 unspecified atom stereocenters. The van der Waals surface area contributed by atoms with Crippen LogP contribution in [0.25, 0.3) is 0 Å². The van der Waals surface area contributed by atoms with E-state index in [0.29, 0.717) is 15.7 Å². The molecule has 0 bridgehead atoms. The van der Waals surface area contributed by atoms with Crippen molar-refractivity contribution in [3.63, 3.8) is 0 Å². The Morgan fingerprint density at radius 2 is 1.90 bits per heavy atom. The van der Waals surface area contributed by atoms with Crippen molar-refractivity contribution >= 4 is 37.3 Å². The van der Waals surface area contributed by atoms with Gasteiger partial charge in [0.2, 0.25) is 0 Å². The first-order valence-electron chi connectivity index (χ1n) is 5.63. The summed E-state index contributed by atoms with van der Waals surface area (Å²) in [6.07, 6.45) is 0. The Morgan fingerprint density at radius 1 is 1.20 bits per heavy atom. The van der Waals surface area contributed by atoms with Crippen LogP contribution in [0.15, 0.2) is 45.8 Å². The van der Waals surface area contributed by atoms with Crippen LogP contribution < -0.4 is 10.5 Å². The van der Waals surface area contributed by atoms with Gasteiger partial charge in [-0.3, -0.25) is 4.72 Å². The molecule has 0 radical (unpaired) electrons. The maximum absolute atomic E-state index is 13.0. The quantitative estimate of drug-likeness (QED) is 0.827. The van der Waals surface area contributed by atoms with Crippen LogP contribution in [-0.4, -0.2) is 8.42 Å². The molecule has 0 aliphatic heterocycles. The zero-order chi connectivity index (χ0) is 14.9. The van der Waals surface area contributed by atoms with E-state index in [1.54, 1.807) is 6.92 Å². The fraction of sp³-hybridized carbons (Fsp3) is 0.0769. The topological polar surface area (TPSA) is 72.2 Å². The maximum atomic E-state index is 13.0. The van der Waals surface area contributed by atoms with Crippen LogP contribution in [0.5, 0.6) is 0 Å². The van der Waals surface area contributed by atoms with Gasteiger partial charge >= 0.3 is 0 Å². The van der Waals surface area contributed by atoms with Gasteiger partial charge < -0.3 is 5.73 Å². The molecule has 4 nitrogen and oxygen atoms in total. The number of anilines is 2. The molecular formula is C13H12BrFN2O2S. The molecule has 2 aromatic carbocycles. The number of rotatable bonds is 3. The molecule has 0 aromatic heterocycles. The largest absolute Gasteiger partial charge is 0.399 e. The zero-order valence-electron chi connectivity index (χ0n) is 10.5. The molecule has 3 N–H and O–H groups in total. The summed E-state index contributed by atoms with van der Waals surface area (Å²) < 4.78 is 40.2. The van der Waals surface area contributed by atoms with Crippen LogP contribution in [0.3, 0.4) is 0 Å². The molecule has 106 valence electrons. The van der Waals surface area contributed by atoms with Crippen LogP contribution in [0.2, 0.25) is 0 Å². The number of aryl methyl sites for hydroxylation is 1. The van der Waals surface area contributed by atoms with Gasteiger partial charge in [-0.25, -0.2) is 12.8 Å². The van der Waals surface area contributed by atoms with Gasteiger partial charge in [-0.1, -0.05) is 0 Å². The number of nitrogens with two attached hydrogens (primary N) is 1. The van der Waals surface area contributed by atoms with E-state index in [2.05, 4.69) is 20.7 Å². The highest BCUT2D eigenvalue weighted by atomic mass is 79.9. The van der Waals surface area contributed by atoms with Gasteiger partial charge in [0, 0.05) is 10.2 Å². The number of nitrogens with one attached hydrogen (secondary N) is 1.